The van der Waals surface area contributed by atoms with E-state index in [1.165, 1.54) is 5.57 Å². The molecule has 0 amide bonds. The smallest absolute Gasteiger partial charge is 0.338 e. The lowest BCUT2D eigenvalue weighted by atomic mass is 9.58. The van der Waals surface area contributed by atoms with Crippen molar-refractivity contribution in [3.8, 4) is 0 Å². The van der Waals surface area contributed by atoms with E-state index in [4.69, 9.17) is 18.9 Å². The Morgan fingerprint density at radius 3 is 2.33 bits per heavy atom. The number of benzene rings is 1. The number of carbonyl (C=O) groups is 3. The molecule has 2 aliphatic carbocycles. The molecule has 4 rings (SSSR count). The van der Waals surface area contributed by atoms with E-state index in [0.29, 0.717) is 18.6 Å². The van der Waals surface area contributed by atoms with Crippen LogP contribution in [0.25, 0.3) is 0 Å². The molecule has 7 nitrogen and oxygen atoms in total. The normalized spacial score (nSPS) is 29.4. The third-order valence-electron chi connectivity index (χ3n) is 9.06. The summed E-state index contributed by atoms with van der Waals surface area (Å²) < 4.78 is 23.7. The molecule has 1 aliphatic heterocycles. The summed E-state index contributed by atoms with van der Waals surface area (Å²) in [6.45, 7) is 22.5. The Morgan fingerprint density at radius 2 is 1.76 bits per heavy atom. The number of fused-ring (bicyclic) bond motifs is 3. The van der Waals surface area contributed by atoms with Gasteiger partial charge < -0.3 is 18.9 Å². The predicted molar refractivity (Wildman–Crippen MR) is 179 cm³/mol. The standard InChI is InChI=1S/C34H44O7.2C2H6/c1-7-12-25-30-22(3)15-17-26(33(30,5)6)27(40-32(37)24-13-10-9-11-14-24)19-34(41-29(35)20-38-8-2)21-39-28(34)18-16-23(4)31(25)36;2*1-2/h7,9-11,13-14,16,18,23,25-28H,1,8,12,15,17,19-21H2,2-6H3;2*1-2H3/b18-16-;;/t23-,25-,26+,27+,28-,34+;;/m1../s1. The molecule has 1 heterocycles. The van der Waals surface area contributed by atoms with Gasteiger partial charge in [0, 0.05) is 30.8 Å². The van der Waals surface area contributed by atoms with Crippen molar-refractivity contribution in [2.45, 2.75) is 106 Å². The summed E-state index contributed by atoms with van der Waals surface area (Å²) >= 11 is 0. The summed E-state index contributed by atoms with van der Waals surface area (Å²) in [7, 11) is 0. The molecule has 7 heteroatoms. The number of esters is 2. The summed E-state index contributed by atoms with van der Waals surface area (Å²) in [6.07, 6.45) is 6.66. The monoisotopic (exact) mass is 624 g/mol. The van der Waals surface area contributed by atoms with E-state index < -0.39 is 35.2 Å². The Bertz CT molecular complexity index is 1200. The van der Waals surface area contributed by atoms with Crippen LogP contribution in [0.15, 0.2) is 66.3 Å². The Kier molecular flexibility index (Phi) is 14.9. The second-order valence-corrected chi connectivity index (χ2v) is 12.1. The van der Waals surface area contributed by atoms with Crippen molar-refractivity contribution in [2.75, 3.05) is 19.8 Å². The molecule has 250 valence electrons. The summed E-state index contributed by atoms with van der Waals surface area (Å²) in [5.74, 6) is -1.64. The second kappa shape index (κ2) is 17.6. The van der Waals surface area contributed by atoms with Crippen molar-refractivity contribution in [3.05, 3.63) is 71.8 Å². The van der Waals surface area contributed by atoms with Gasteiger partial charge in [0.25, 0.3) is 0 Å². The lowest BCUT2D eigenvalue weighted by Crippen LogP contribution is -2.63. The maximum absolute atomic E-state index is 13.9. The van der Waals surface area contributed by atoms with Crippen molar-refractivity contribution in [3.63, 3.8) is 0 Å². The molecule has 0 aromatic heterocycles. The van der Waals surface area contributed by atoms with Crippen molar-refractivity contribution in [1.82, 2.24) is 0 Å². The third-order valence-corrected chi connectivity index (χ3v) is 9.06. The van der Waals surface area contributed by atoms with Gasteiger partial charge in [-0.2, -0.15) is 0 Å². The number of rotatable bonds is 8. The molecule has 3 aliphatic rings. The minimum atomic E-state index is -1.05. The lowest BCUT2D eigenvalue weighted by molar-refractivity contribution is -0.252. The van der Waals surface area contributed by atoms with Crippen molar-refractivity contribution in [2.24, 2.45) is 23.2 Å². The van der Waals surface area contributed by atoms with Crippen LogP contribution < -0.4 is 0 Å². The Balaban J connectivity index is 0.00000169. The van der Waals surface area contributed by atoms with Crippen molar-refractivity contribution in [1.29, 1.82) is 0 Å². The average Bonchev–Trinajstić information content (AvgIpc) is 3.03. The van der Waals surface area contributed by atoms with E-state index >= 15 is 0 Å². The number of ether oxygens (including phenoxy) is 4. The van der Waals surface area contributed by atoms with Gasteiger partial charge >= 0.3 is 11.9 Å². The number of Topliss-reactive ketones (excluding diaryl/α,β-unsaturated/α-hetero) is 1. The fourth-order valence-electron chi connectivity index (χ4n) is 6.97. The number of hydrogen-bond acceptors (Lipinski definition) is 7. The molecular formula is C38H56O7. The van der Waals surface area contributed by atoms with Crippen LogP contribution in [0.4, 0.5) is 0 Å². The first-order valence-corrected chi connectivity index (χ1v) is 16.7. The largest absolute Gasteiger partial charge is 0.458 e. The predicted octanol–water partition coefficient (Wildman–Crippen LogP) is 8.09. The van der Waals surface area contributed by atoms with E-state index in [-0.39, 0.29) is 43.2 Å². The minimum absolute atomic E-state index is 0.112. The first-order valence-electron chi connectivity index (χ1n) is 16.7. The summed E-state index contributed by atoms with van der Waals surface area (Å²) in [5.41, 5.74) is 1.23. The number of carbonyl (C=O) groups excluding carboxylic acids is 3. The zero-order valence-electron chi connectivity index (χ0n) is 29.0. The molecule has 45 heavy (non-hydrogen) atoms. The molecule has 1 aromatic carbocycles. The maximum Gasteiger partial charge on any atom is 0.338 e. The van der Waals surface area contributed by atoms with Crippen LogP contribution >= 0.6 is 0 Å². The highest BCUT2D eigenvalue weighted by Crippen LogP contribution is 2.53. The molecular weight excluding hydrogens is 568 g/mol. The van der Waals surface area contributed by atoms with Gasteiger partial charge in [-0.05, 0) is 50.7 Å². The van der Waals surface area contributed by atoms with Gasteiger partial charge in [-0.15, -0.1) is 6.58 Å². The average molecular weight is 625 g/mol. The van der Waals surface area contributed by atoms with Crippen LogP contribution in [0.2, 0.25) is 0 Å². The fraction of sp³-hybridized carbons (Fsp3) is 0.605. The molecule has 0 spiro atoms. The van der Waals surface area contributed by atoms with Gasteiger partial charge in [-0.1, -0.05) is 96.0 Å². The number of ketones is 1. The van der Waals surface area contributed by atoms with Crippen LogP contribution in [-0.4, -0.2) is 55.4 Å². The summed E-state index contributed by atoms with van der Waals surface area (Å²) in [4.78, 5) is 40.3. The Hall–Kier alpha value is -3.03. The van der Waals surface area contributed by atoms with Crippen molar-refractivity contribution < 1.29 is 33.3 Å². The van der Waals surface area contributed by atoms with Gasteiger partial charge in [0.15, 0.2) is 5.60 Å². The molecule has 1 fully saturated rings. The Morgan fingerprint density at radius 1 is 1.09 bits per heavy atom. The SMILES string of the molecule is C=CC[C@H]1C(=O)[C@H](C)/C=C\[C@H]2OC[C@@]2(OC(=O)COCC)C[C@H](OC(=O)c2ccccc2)[C@@H]2CCC(C)=C1C2(C)C.CC.CC. The molecule has 2 bridgehead atoms. The first kappa shape index (κ1) is 38.2. The molecule has 0 radical (unpaired) electrons. The molecule has 1 saturated heterocycles. The second-order valence-electron chi connectivity index (χ2n) is 12.1. The number of allylic oxidation sites excluding steroid dienone is 4. The van der Waals surface area contributed by atoms with Crippen LogP contribution in [0.1, 0.15) is 98.4 Å². The highest BCUT2D eigenvalue weighted by Gasteiger charge is 2.56. The van der Waals surface area contributed by atoms with Gasteiger partial charge in [0.05, 0.1) is 12.2 Å². The zero-order valence-corrected chi connectivity index (χ0v) is 29.0. The molecule has 0 N–H and O–H groups in total. The quantitative estimate of drug-likeness (QED) is 0.213. The van der Waals surface area contributed by atoms with E-state index in [9.17, 15) is 14.4 Å². The summed E-state index contributed by atoms with van der Waals surface area (Å²) in [6, 6.07) is 8.92. The van der Waals surface area contributed by atoms with Gasteiger partial charge in [0.1, 0.15) is 24.6 Å². The van der Waals surface area contributed by atoms with E-state index in [1.807, 2.05) is 65.8 Å². The van der Waals surface area contributed by atoms with Crippen LogP contribution in [0.5, 0.6) is 0 Å². The number of hydrogen-bond donors (Lipinski definition) is 0. The molecule has 6 atom stereocenters. The van der Waals surface area contributed by atoms with Crippen molar-refractivity contribution >= 4 is 17.7 Å². The van der Waals surface area contributed by atoms with E-state index in [0.717, 1.165) is 18.4 Å². The highest BCUT2D eigenvalue weighted by atomic mass is 16.6. The third kappa shape index (κ3) is 8.82. The highest BCUT2D eigenvalue weighted by molar-refractivity contribution is 5.89. The van der Waals surface area contributed by atoms with Crippen LogP contribution in [0.3, 0.4) is 0 Å². The first-order chi connectivity index (χ1) is 21.5. The van der Waals surface area contributed by atoms with E-state index in [2.05, 4.69) is 27.4 Å². The topological polar surface area (TPSA) is 88.1 Å². The van der Waals surface area contributed by atoms with Gasteiger partial charge in [0.2, 0.25) is 0 Å². The minimum Gasteiger partial charge on any atom is -0.458 e. The molecule has 0 unspecified atom stereocenters. The summed E-state index contributed by atoms with van der Waals surface area (Å²) in [5, 5.41) is 0. The molecule has 0 saturated carbocycles. The van der Waals surface area contributed by atoms with Crippen LogP contribution in [-0.2, 0) is 28.5 Å². The lowest BCUT2D eigenvalue weighted by Gasteiger charge is -2.52. The Labute approximate surface area is 271 Å². The zero-order chi connectivity index (χ0) is 33.8. The van der Waals surface area contributed by atoms with E-state index in [1.54, 1.807) is 24.3 Å². The van der Waals surface area contributed by atoms with Crippen LogP contribution in [0, 0.1) is 23.2 Å². The fourth-order valence-corrected chi connectivity index (χ4v) is 6.97. The molecule has 1 aromatic rings. The maximum atomic E-state index is 13.9. The van der Waals surface area contributed by atoms with Gasteiger partial charge in [-0.3, -0.25) is 4.79 Å². The van der Waals surface area contributed by atoms with Gasteiger partial charge in [-0.25, -0.2) is 9.59 Å².